The fourth-order valence-electron chi connectivity index (χ4n) is 2.08. The minimum Gasteiger partial charge on any atom is -0.353 e. The molecule has 6 heteroatoms. The molecule has 0 saturated heterocycles. The van der Waals surface area contributed by atoms with E-state index in [1.807, 2.05) is 0 Å². The molecule has 0 rings (SSSR count). The van der Waals surface area contributed by atoms with Crippen LogP contribution in [0.15, 0.2) is 0 Å². The van der Waals surface area contributed by atoms with Crippen molar-refractivity contribution < 1.29 is 19.2 Å². The third-order valence-electron chi connectivity index (χ3n) is 3.12. The second-order valence-corrected chi connectivity index (χ2v) is 5.51. The standard InChI is InChI=1S/C15H26N2O4/c1-10(18)5-6-13(7-11(2)19)17-15(21)9-14(16-4)8-12(3)20/h13-14,16H,5-9H2,1-4H3,(H,17,21). The third kappa shape index (κ3) is 10.8. The summed E-state index contributed by atoms with van der Waals surface area (Å²) in [6.07, 6.45) is 1.47. The third-order valence-corrected chi connectivity index (χ3v) is 3.12. The molecule has 0 radical (unpaired) electrons. The molecule has 21 heavy (non-hydrogen) atoms. The van der Waals surface area contributed by atoms with Crippen LogP contribution in [0.5, 0.6) is 0 Å². The highest BCUT2D eigenvalue weighted by Crippen LogP contribution is 2.06. The number of nitrogens with one attached hydrogen (secondary N) is 2. The summed E-state index contributed by atoms with van der Waals surface area (Å²) < 4.78 is 0. The number of hydrogen-bond acceptors (Lipinski definition) is 5. The van der Waals surface area contributed by atoms with Crippen molar-refractivity contribution in [2.45, 2.75) is 65.0 Å². The smallest absolute Gasteiger partial charge is 0.221 e. The second kappa shape index (κ2) is 10.2. The molecule has 0 heterocycles. The molecular formula is C15H26N2O4. The van der Waals surface area contributed by atoms with Crippen molar-refractivity contribution >= 4 is 23.3 Å². The van der Waals surface area contributed by atoms with E-state index in [1.54, 1.807) is 7.05 Å². The van der Waals surface area contributed by atoms with Crippen molar-refractivity contribution in [3.63, 3.8) is 0 Å². The van der Waals surface area contributed by atoms with Gasteiger partial charge in [0.2, 0.25) is 5.91 Å². The van der Waals surface area contributed by atoms with E-state index in [-0.39, 0.29) is 54.6 Å². The van der Waals surface area contributed by atoms with Crippen molar-refractivity contribution in [3.8, 4) is 0 Å². The zero-order valence-corrected chi connectivity index (χ0v) is 13.3. The number of Topliss-reactive ketones (excluding diaryl/α,β-unsaturated/α-hetero) is 3. The number of ketones is 3. The van der Waals surface area contributed by atoms with Gasteiger partial charge in [-0.3, -0.25) is 14.4 Å². The summed E-state index contributed by atoms with van der Waals surface area (Å²) in [6.45, 7) is 4.42. The van der Waals surface area contributed by atoms with Gasteiger partial charge in [-0.15, -0.1) is 0 Å². The average Bonchev–Trinajstić information content (AvgIpc) is 2.33. The van der Waals surface area contributed by atoms with Crippen molar-refractivity contribution in [1.29, 1.82) is 0 Å². The lowest BCUT2D eigenvalue weighted by Crippen LogP contribution is -2.40. The molecule has 0 aromatic rings. The Morgan fingerprint density at radius 3 is 1.76 bits per heavy atom. The van der Waals surface area contributed by atoms with Crippen LogP contribution in [-0.2, 0) is 19.2 Å². The first-order valence-corrected chi connectivity index (χ1v) is 7.19. The van der Waals surface area contributed by atoms with Crippen molar-refractivity contribution in [2.75, 3.05) is 7.05 Å². The predicted octanol–water partition coefficient (Wildman–Crippen LogP) is 0.777. The van der Waals surface area contributed by atoms with Gasteiger partial charge in [-0.2, -0.15) is 0 Å². The lowest BCUT2D eigenvalue weighted by Gasteiger charge is -2.19. The number of rotatable bonds is 11. The molecule has 0 aromatic carbocycles. The number of carbonyl (C=O) groups excluding carboxylic acids is 4. The molecule has 120 valence electrons. The van der Waals surface area contributed by atoms with Gasteiger partial charge >= 0.3 is 0 Å². The quantitative estimate of drug-likeness (QED) is 0.588. The predicted molar refractivity (Wildman–Crippen MR) is 79.9 cm³/mol. The summed E-state index contributed by atoms with van der Waals surface area (Å²) in [5, 5.41) is 5.70. The Hall–Kier alpha value is -1.56. The fraction of sp³-hybridized carbons (Fsp3) is 0.733. The summed E-state index contributed by atoms with van der Waals surface area (Å²) in [5.41, 5.74) is 0. The Morgan fingerprint density at radius 1 is 0.810 bits per heavy atom. The molecule has 2 atom stereocenters. The maximum absolute atomic E-state index is 12.0. The molecule has 6 nitrogen and oxygen atoms in total. The highest BCUT2D eigenvalue weighted by Gasteiger charge is 2.18. The first-order valence-electron chi connectivity index (χ1n) is 7.19. The van der Waals surface area contributed by atoms with Crippen LogP contribution in [0, 0.1) is 0 Å². The van der Waals surface area contributed by atoms with Crippen LogP contribution in [-0.4, -0.2) is 42.4 Å². The van der Waals surface area contributed by atoms with E-state index in [9.17, 15) is 19.2 Å². The summed E-state index contributed by atoms with van der Waals surface area (Å²) in [6, 6.07) is -0.540. The lowest BCUT2D eigenvalue weighted by molar-refractivity contribution is -0.124. The minimum absolute atomic E-state index is 0.0130. The van der Waals surface area contributed by atoms with E-state index < -0.39 is 0 Å². The van der Waals surface area contributed by atoms with Crippen LogP contribution in [0.2, 0.25) is 0 Å². The van der Waals surface area contributed by atoms with Crippen molar-refractivity contribution in [2.24, 2.45) is 0 Å². The Balaban J connectivity index is 4.45. The second-order valence-electron chi connectivity index (χ2n) is 5.51. The van der Waals surface area contributed by atoms with Gasteiger partial charge < -0.3 is 15.4 Å². The highest BCUT2D eigenvalue weighted by molar-refractivity contribution is 5.81. The van der Waals surface area contributed by atoms with E-state index >= 15 is 0 Å². The van der Waals surface area contributed by atoms with Gasteiger partial charge in [0.05, 0.1) is 0 Å². The largest absolute Gasteiger partial charge is 0.353 e. The summed E-state index contributed by atoms with van der Waals surface area (Å²) in [4.78, 5) is 45.3. The highest BCUT2D eigenvalue weighted by atomic mass is 16.2. The van der Waals surface area contributed by atoms with Gasteiger partial charge in [-0.1, -0.05) is 0 Å². The molecule has 2 unspecified atom stereocenters. The molecule has 0 spiro atoms. The fourth-order valence-corrected chi connectivity index (χ4v) is 2.08. The summed E-state index contributed by atoms with van der Waals surface area (Å²) >= 11 is 0. The van der Waals surface area contributed by atoms with Gasteiger partial charge in [0.25, 0.3) is 0 Å². The minimum atomic E-state index is -0.325. The molecule has 0 bridgehead atoms. The van der Waals surface area contributed by atoms with Crippen LogP contribution in [0.1, 0.15) is 52.9 Å². The van der Waals surface area contributed by atoms with Crippen LogP contribution in [0.4, 0.5) is 0 Å². The Morgan fingerprint density at radius 2 is 1.33 bits per heavy atom. The van der Waals surface area contributed by atoms with E-state index in [1.165, 1.54) is 20.8 Å². The number of amides is 1. The maximum atomic E-state index is 12.0. The molecular weight excluding hydrogens is 272 g/mol. The molecule has 0 saturated carbocycles. The molecule has 0 fully saturated rings. The van der Waals surface area contributed by atoms with Crippen LogP contribution in [0.3, 0.4) is 0 Å². The van der Waals surface area contributed by atoms with Crippen LogP contribution < -0.4 is 10.6 Å². The monoisotopic (exact) mass is 298 g/mol. The normalized spacial score (nSPS) is 13.3. The molecule has 0 aliphatic rings. The first-order chi connectivity index (χ1) is 9.74. The van der Waals surface area contributed by atoms with Crippen LogP contribution in [0.25, 0.3) is 0 Å². The first kappa shape index (κ1) is 19.4. The Bertz CT molecular complexity index is 393. The molecule has 0 aliphatic carbocycles. The zero-order chi connectivity index (χ0) is 16.4. The lowest BCUT2D eigenvalue weighted by atomic mass is 10.0. The maximum Gasteiger partial charge on any atom is 0.221 e. The van der Waals surface area contributed by atoms with Crippen molar-refractivity contribution in [1.82, 2.24) is 10.6 Å². The Kier molecular flexibility index (Phi) is 9.45. The van der Waals surface area contributed by atoms with Crippen LogP contribution >= 0.6 is 0 Å². The molecule has 0 aromatic heterocycles. The van der Waals surface area contributed by atoms with Gasteiger partial charge in [-0.05, 0) is 34.2 Å². The average molecular weight is 298 g/mol. The van der Waals surface area contributed by atoms with Gasteiger partial charge in [0.15, 0.2) is 0 Å². The van der Waals surface area contributed by atoms with E-state index in [2.05, 4.69) is 10.6 Å². The topological polar surface area (TPSA) is 92.3 Å². The zero-order valence-electron chi connectivity index (χ0n) is 13.3. The number of carbonyl (C=O) groups is 4. The number of hydrogen-bond donors (Lipinski definition) is 2. The summed E-state index contributed by atoms with van der Waals surface area (Å²) in [5.74, 6) is -0.204. The molecule has 0 aliphatic heterocycles. The SMILES string of the molecule is CNC(CC(C)=O)CC(=O)NC(CCC(C)=O)CC(C)=O. The van der Waals surface area contributed by atoms with E-state index in [0.717, 1.165) is 0 Å². The van der Waals surface area contributed by atoms with Gasteiger partial charge in [0.1, 0.15) is 17.3 Å². The summed E-state index contributed by atoms with van der Waals surface area (Å²) in [7, 11) is 1.70. The van der Waals surface area contributed by atoms with Gasteiger partial charge in [0, 0.05) is 37.8 Å². The van der Waals surface area contributed by atoms with E-state index in [0.29, 0.717) is 12.8 Å². The van der Waals surface area contributed by atoms with E-state index in [4.69, 9.17) is 0 Å². The van der Waals surface area contributed by atoms with Gasteiger partial charge in [-0.25, -0.2) is 0 Å². The van der Waals surface area contributed by atoms with Crippen molar-refractivity contribution in [3.05, 3.63) is 0 Å². The Labute approximate surface area is 126 Å². The molecule has 1 amide bonds. The molecule has 2 N–H and O–H groups in total.